The van der Waals surface area contributed by atoms with Gasteiger partial charge in [-0.3, -0.25) is 9.78 Å². The van der Waals surface area contributed by atoms with Gasteiger partial charge in [0.2, 0.25) is 0 Å². The quantitative estimate of drug-likeness (QED) is 0.629. The summed E-state index contributed by atoms with van der Waals surface area (Å²) in [6.07, 6.45) is 1.45. The van der Waals surface area contributed by atoms with Gasteiger partial charge in [0.15, 0.2) is 0 Å². The van der Waals surface area contributed by atoms with Crippen molar-refractivity contribution in [3.63, 3.8) is 0 Å². The lowest BCUT2D eigenvalue weighted by Crippen LogP contribution is -2.12. The summed E-state index contributed by atoms with van der Waals surface area (Å²) in [4.78, 5) is 28.4. The average molecular weight is 376 g/mol. The van der Waals surface area contributed by atoms with Gasteiger partial charge < -0.3 is 14.8 Å². The Labute approximate surface area is 163 Å². The molecule has 142 valence electrons. The van der Waals surface area contributed by atoms with E-state index in [0.717, 1.165) is 5.75 Å². The van der Waals surface area contributed by atoms with Gasteiger partial charge in [0.1, 0.15) is 12.4 Å². The van der Waals surface area contributed by atoms with Crippen LogP contribution in [0.5, 0.6) is 5.75 Å². The summed E-state index contributed by atoms with van der Waals surface area (Å²) in [5.41, 5.74) is 2.11. The predicted octanol–water partition coefficient (Wildman–Crippen LogP) is 4.09. The lowest BCUT2D eigenvalue weighted by molar-refractivity contribution is 0.0467. The summed E-state index contributed by atoms with van der Waals surface area (Å²) < 4.78 is 10.6. The van der Waals surface area contributed by atoms with E-state index in [1.807, 2.05) is 13.0 Å². The molecule has 0 unspecified atom stereocenters. The standard InChI is InChI=1S/C22H20N2O4/c1-2-27-20-12-10-18(11-13-20)24-21(25)17-8-9-19(23-14-17)15-28-22(26)16-6-4-3-5-7-16/h3-14H,2,15H2,1H3,(H,24,25). The molecule has 0 aliphatic carbocycles. The average Bonchev–Trinajstić information content (AvgIpc) is 2.74. The van der Waals surface area contributed by atoms with Crippen molar-refractivity contribution in [1.29, 1.82) is 0 Å². The van der Waals surface area contributed by atoms with Crippen LogP contribution in [0.1, 0.15) is 33.3 Å². The van der Waals surface area contributed by atoms with Crippen LogP contribution >= 0.6 is 0 Å². The van der Waals surface area contributed by atoms with E-state index < -0.39 is 5.97 Å². The highest BCUT2D eigenvalue weighted by Crippen LogP contribution is 2.16. The van der Waals surface area contributed by atoms with Gasteiger partial charge in [-0.1, -0.05) is 18.2 Å². The Morgan fingerprint density at radius 1 is 0.929 bits per heavy atom. The number of aromatic nitrogens is 1. The molecule has 0 spiro atoms. The number of pyridine rings is 1. The van der Waals surface area contributed by atoms with Crippen molar-refractivity contribution >= 4 is 17.6 Å². The van der Waals surface area contributed by atoms with E-state index in [-0.39, 0.29) is 12.5 Å². The zero-order valence-electron chi connectivity index (χ0n) is 15.4. The van der Waals surface area contributed by atoms with Crippen LogP contribution in [-0.2, 0) is 11.3 Å². The fourth-order valence-corrected chi connectivity index (χ4v) is 2.45. The van der Waals surface area contributed by atoms with Gasteiger partial charge in [0, 0.05) is 11.9 Å². The third-order valence-corrected chi connectivity index (χ3v) is 3.87. The maximum Gasteiger partial charge on any atom is 0.338 e. The second-order valence-corrected chi connectivity index (χ2v) is 5.89. The molecule has 0 fully saturated rings. The van der Waals surface area contributed by atoms with E-state index in [4.69, 9.17) is 9.47 Å². The molecule has 1 N–H and O–H groups in total. The number of rotatable bonds is 7. The number of benzene rings is 2. The molecular formula is C22H20N2O4. The lowest BCUT2D eigenvalue weighted by Gasteiger charge is -2.08. The molecule has 6 heteroatoms. The summed E-state index contributed by atoms with van der Waals surface area (Å²) in [7, 11) is 0. The molecule has 0 saturated heterocycles. The number of ether oxygens (including phenoxy) is 2. The van der Waals surface area contributed by atoms with E-state index in [0.29, 0.717) is 29.1 Å². The maximum atomic E-state index is 12.3. The Bertz CT molecular complexity index is 923. The number of nitrogens with one attached hydrogen (secondary N) is 1. The molecule has 3 rings (SSSR count). The molecule has 0 radical (unpaired) electrons. The van der Waals surface area contributed by atoms with Gasteiger partial charge in [-0.15, -0.1) is 0 Å². The topological polar surface area (TPSA) is 77.5 Å². The van der Waals surface area contributed by atoms with E-state index >= 15 is 0 Å². The van der Waals surface area contributed by atoms with Gasteiger partial charge >= 0.3 is 5.97 Å². The van der Waals surface area contributed by atoms with E-state index in [1.165, 1.54) is 6.20 Å². The van der Waals surface area contributed by atoms with Gasteiger partial charge in [-0.05, 0) is 55.5 Å². The van der Waals surface area contributed by atoms with Crippen LogP contribution in [-0.4, -0.2) is 23.5 Å². The van der Waals surface area contributed by atoms with Crippen LogP contribution in [0.2, 0.25) is 0 Å². The summed E-state index contributed by atoms with van der Waals surface area (Å²) >= 11 is 0. The van der Waals surface area contributed by atoms with Crippen molar-refractivity contribution < 1.29 is 19.1 Å². The minimum atomic E-state index is -0.417. The monoisotopic (exact) mass is 376 g/mol. The first kappa shape index (κ1) is 19.1. The fraction of sp³-hybridized carbons (Fsp3) is 0.136. The predicted molar refractivity (Wildman–Crippen MR) is 105 cm³/mol. The Morgan fingerprint density at radius 3 is 2.32 bits per heavy atom. The second kappa shape index (κ2) is 9.32. The number of hydrogen-bond donors (Lipinski definition) is 1. The molecule has 0 atom stereocenters. The van der Waals surface area contributed by atoms with E-state index in [9.17, 15) is 9.59 Å². The van der Waals surface area contributed by atoms with Gasteiger partial charge in [-0.2, -0.15) is 0 Å². The van der Waals surface area contributed by atoms with Gasteiger partial charge in [0.05, 0.1) is 23.4 Å². The molecule has 0 bridgehead atoms. The Morgan fingerprint density at radius 2 is 1.68 bits per heavy atom. The van der Waals surface area contributed by atoms with Crippen molar-refractivity contribution in [3.8, 4) is 5.75 Å². The van der Waals surface area contributed by atoms with Crippen molar-refractivity contribution in [1.82, 2.24) is 4.98 Å². The molecule has 0 aliphatic rings. The normalized spacial score (nSPS) is 10.2. The van der Waals surface area contributed by atoms with Crippen LogP contribution < -0.4 is 10.1 Å². The summed E-state index contributed by atoms with van der Waals surface area (Å²) in [5, 5.41) is 2.80. The first-order valence-corrected chi connectivity index (χ1v) is 8.87. The zero-order chi connectivity index (χ0) is 19.8. The molecule has 0 aliphatic heterocycles. The van der Waals surface area contributed by atoms with Crippen molar-refractivity contribution in [3.05, 3.63) is 89.7 Å². The third kappa shape index (κ3) is 5.17. The van der Waals surface area contributed by atoms with Gasteiger partial charge in [-0.25, -0.2) is 4.79 Å². The number of carbonyl (C=O) groups is 2. The fourth-order valence-electron chi connectivity index (χ4n) is 2.45. The smallest absolute Gasteiger partial charge is 0.338 e. The number of carbonyl (C=O) groups excluding carboxylic acids is 2. The highest BCUT2D eigenvalue weighted by molar-refractivity contribution is 6.04. The number of hydrogen-bond acceptors (Lipinski definition) is 5. The first-order chi connectivity index (χ1) is 13.7. The molecule has 3 aromatic rings. The number of anilines is 1. The SMILES string of the molecule is CCOc1ccc(NC(=O)c2ccc(COC(=O)c3ccccc3)nc2)cc1. The molecular weight excluding hydrogens is 356 g/mol. The van der Waals surface area contributed by atoms with E-state index in [1.54, 1.807) is 60.7 Å². The molecule has 2 aromatic carbocycles. The minimum Gasteiger partial charge on any atom is -0.494 e. The zero-order valence-corrected chi connectivity index (χ0v) is 15.4. The number of esters is 1. The van der Waals surface area contributed by atoms with Crippen molar-refractivity contribution in [2.24, 2.45) is 0 Å². The largest absolute Gasteiger partial charge is 0.494 e. The van der Waals surface area contributed by atoms with Crippen LogP contribution in [0.3, 0.4) is 0 Å². The van der Waals surface area contributed by atoms with Crippen LogP contribution in [0.15, 0.2) is 72.9 Å². The summed E-state index contributed by atoms with van der Waals surface area (Å²) in [6.45, 7) is 2.54. The number of nitrogens with zero attached hydrogens (tertiary/aromatic N) is 1. The molecule has 6 nitrogen and oxygen atoms in total. The third-order valence-electron chi connectivity index (χ3n) is 3.87. The molecule has 1 heterocycles. The van der Waals surface area contributed by atoms with Crippen molar-refractivity contribution in [2.75, 3.05) is 11.9 Å². The van der Waals surface area contributed by atoms with Crippen molar-refractivity contribution in [2.45, 2.75) is 13.5 Å². The lowest BCUT2D eigenvalue weighted by atomic mass is 10.2. The summed E-state index contributed by atoms with van der Waals surface area (Å²) in [5.74, 6) is 0.0563. The van der Waals surface area contributed by atoms with E-state index in [2.05, 4.69) is 10.3 Å². The molecule has 0 saturated carbocycles. The molecule has 1 amide bonds. The molecule has 28 heavy (non-hydrogen) atoms. The van der Waals surface area contributed by atoms with Crippen LogP contribution in [0.4, 0.5) is 5.69 Å². The number of amides is 1. The first-order valence-electron chi connectivity index (χ1n) is 8.87. The van der Waals surface area contributed by atoms with Gasteiger partial charge in [0.25, 0.3) is 5.91 Å². The minimum absolute atomic E-state index is 0.0362. The Hall–Kier alpha value is -3.67. The van der Waals surface area contributed by atoms with Crippen LogP contribution in [0.25, 0.3) is 0 Å². The highest BCUT2D eigenvalue weighted by atomic mass is 16.5. The maximum absolute atomic E-state index is 12.3. The molecule has 1 aromatic heterocycles. The summed E-state index contributed by atoms with van der Waals surface area (Å²) in [6, 6.07) is 19.2. The van der Waals surface area contributed by atoms with Crippen LogP contribution in [0, 0.1) is 0 Å². The Kier molecular flexibility index (Phi) is 6.36. The second-order valence-electron chi connectivity index (χ2n) is 5.89. The Balaban J connectivity index is 1.54. The highest BCUT2D eigenvalue weighted by Gasteiger charge is 2.09.